The summed E-state index contributed by atoms with van der Waals surface area (Å²) in [6.07, 6.45) is 8.78. The van der Waals surface area contributed by atoms with Crippen molar-refractivity contribution in [3.63, 3.8) is 0 Å². The molecule has 0 saturated heterocycles. The van der Waals surface area contributed by atoms with Crippen molar-refractivity contribution in [1.82, 2.24) is 0 Å². The lowest BCUT2D eigenvalue weighted by molar-refractivity contribution is -0.115. The standard InChI is InChI=1S/C11H15IO/c1-9(12)3-6-11(2)7-4-10(13)5-8-11/h3-4,7H,5-6,8H2,1-2H3/b9-3-. The minimum atomic E-state index is 0.209. The van der Waals surface area contributed by atoms with Gasteiger partial charge in [-0.05, 0) is 57.4 Å². The molecule has 1 unspecified atom stereocenters. The number of hydrogen-bond donors (Lipinski definition) is 0. The topological polar surface area (TPSA) is 17.1 Å². The summed E-state index contributed by atoms with van der Waals surface area (Å²) in [6, 6.07) is 0. The normalized spacial score (nSPS) is 29.5. The van der Waals surface area contributed by atoms with Crippen LogP contribution >= 0.6 is 22.6 Å². The quantitative estimate of drug-likeness (QED) is 0.710. The largest absolute Gasteiger partial charge is 0.295 e. The first kappa shape index (κ1) is 11.0. The van der Waals surface area contributed by atoms with Crippen molar-refractivity contribution in [3.05, 3.63) is 21.8 Å². The van der Waals surface area contributed by atoms with Crippen molar-refractivity contribution in [3.8, 4) is 0 Å². The summed E-state index contributed by atoms with van der Waals surface area (Å²) in [6.45, 7) is 4.31. The van der Waals surface area contributed by atoms with E-state index in [9.17, 15) is 4.79 Å². The Hall–Kier alpha value is -0.120. The van der Waals surface area contributed by atoms with Gasteiger partial charge in [-0.1, -0.05) is 19.1 Å². The zero-order valence-electron chi connectivity index (χ0n) is 8.14. The van der Waals surface area contributed by atoms with E-state index in [4.69, 9.17) is 0 Å². The summed E-state index contributed by atoms with van der Waals surface area (Å²) < 4.78 is 1.32. The van der Waals surface area contributed by atoms with Crippen molar-refractivity contribution in [1.29, 1.82) is 0 Å². The van der Waals surface area contributed by atoms with Crippen LogP contribution in [0.4, 0.5) is 0 Å². The molecule has 0 spiro atoms. The molecule has 0 aromatic carbocycles. The minimum Gasteiger partial charge on any atom is -0.295 e. The molecule has 0 aromatic rings. The smallest absolute Gasteiger partial charge is 0.155 e. The van der Waals surface area contributed by atoms with Crippen LogP contribution in [0, 0.1) is 5.41 Å². The second-order valence-electron chi connectivity index (χ2n) is 3.95. The number of halogens is 1. The van der Waals surface area contributed by atoms with E-state index in [1.807, 2.05) is 0 Å². The Labute approximate surface area is 93.4 Å². The molecule has 0 amide bonds. The summed E-state index contributed by atoms with van der Waals surface area (Å²) in [4.78, 5) is 11.0. The van der Waals surface area contributed by atoms with Crippen molar-refractivity contribution >= 4 is 28.4 Å². The van der Waals surface area contributed by atoms with Gasteiger partial charge in [-0.25, -0.2) is 0 Å². The van der Waals surface area contributed by atoms with E-state index in [0.717, 1.165) is 12.8 Å². The molecule has 0 N–H and O–H groups in total. The van der Waals surface area contributed by atoms with E-state index in [1.54, 1.807) is 6.08 Å². The molecule has 0 saturated carbocycles. The van der Waals surface area contributed by atoms with E-state index in [1.165, 1.54) is 3.58 Å². The molecule has 0 aromatic heterocycles. The van der Waals surface area contributed by atoms with Crippen molar-refractivity contribution < 1.29 is 4.79 Å². The van der Waals surface area contributed by atoms with Crippen LogP contribution in [0.15, 0.2) is 21.8 Å². The maximum absolute atomic E-state index is 11.0. The number of carbonyl (C=O) groups is 1. The monoisotopic (exact) mass is 290 g/mol. The fraction of sp³-hybridized carbons (Fsp3) is 0.545. The highest BCUT2D eigenvalue weighted by atomic mass is 127. The Kier molecular flexibility index (Phi) is 3.71. The first-order valence-electron chi connectivity index (χ1n) is 4.56. The summed E-state index contributed by atoms with van der Waals surface area (Å²) in [5, 5.41) is 0. The van der Waals surface area contributed by atoms with Crippen LogP contribution in [0.3, 0.4) is 0 Å². The van der Waals surface area contributed by atoms with Gasteiger partial charge in [0.25, 0.3) is 0 Å². The van der Waals surface area contributed by atoms with Crippen molar-refractivity contribution in [2.24, 2.45) is 5.41 Å². The van der Waals surface area contributed by atoms with Gasteiger partial charge in [-0.2, -0.15) is 0 Å². The fourth-order valence-corrected chi connectivity index (χ4v) is 1.63. The molecular weight excluding hydrogens is 275 g/mol. The van der Waals surface area contributed by atoms with Crippen LogP contribution in [-0.2, 0) is 4.79 Å². The second kappa shape index (κ2) is 4.40. The Morgan fingerprint density at radius 2 is 2.46 bits per heavy atom. The molecule has 72 valence electrons. The Balaban J connectivity index is 2.62. The predicted molar refractivity (Wildman–Crippen MR) is 63.9 cm³/mol. The molecule has 0 heterocycles. The van der Waals surface area contributed by atoms with E-state index in [0.29, 0.717) is 6.42 Å². The molecule has 0 radical (unpaired) electrons. The predicted octanol–water partition coefficient (Wildman–Crippen LogP) is 3.64. The van der Waals surface area contributed by atoms with Gasteiger partial charge in [0.15, 0.2) is 5.78 Å². The Morgan fingerprint density at radius 1 is 1.77 bits per heavy atom. The molecule has 1 nitrogen and oxygen atoms in total. The highest BCUT2D eigenvalue weighted by molar-refractivity contribution is 14.1. The summed E-state index contributed by atoms with van der Waals surface area (Å²) in [5.74, 6) is 0.271. The molecule has 0 fully saturated rings. The molecule has 1 aliphatic rings. The van der Waals surface area contributed by atoms with Gasteiger partial charge in [-0.15, -0.1) is 0 Å². The summed E-state index contributed by atoms with van der Waals surface area (Å²) >= 11 is 2.32. The number of ketones is 1. The van der Waals surface area contributed by atoms with Crippen LogP contribution in [0.2, 0.25) is 0 Å². The molecular formula is C11H15IO. The molecule has 0 aliphatic heterocycles. The van der Waals surface area contributed by atoms with Crippen molar-refractivity contribution in [2.75, 3.05) is 0 Å². The van der Waals surface area contributed by atoms with E-state index >= 15 is 0 Å². The van der Waals surface area contributed by atoms with E-state index in [2.05, 4.69) is 48.6 Å². The van der Waals surface area contributed by atoms with Gasteiger partial charge in [0.05, 0.1) is 0 Å². The second-order valence-corrected chi connectivity index (χ2v) is 5.65. The number of allylic oxidation sites excluding steroid dienone is 4. The van der Waals surface area contributed by atoms with Gasteiger partial charge < -0.3 is 0 Å². The zero-order valence-corrected chi connectivity index (χ0v) is 10.3. The zero-order chi connectivity index (χ0) is 9.90. The van der Waals surface area contributed by atoms with Gasteiger partial charge in [0.1, 0.15) is 0 Å². The highest BCUT2D eigenvalue weighted by Crippen LogP contribution is 2.33. The first-order valence-corrected chi connectivity index (χ1v) is 5.64. The van der Waals surface area contributed by atoms with Gasteiger partial charge >= 0.3 is 0 Å². The third-order valence-corrected chi connectivity index (χ3v) is 2.90. The molecule has 1 aliphatic carbocycles. The van der Waals surface area contributed by atoms with Gasteiger partial charge in [0, 0.05) is 6.42 Å². The van der Waals surface area contributed by atoms with Gasteiger partial charge in [0.2, 0.25) is 0 Å². The van der Waals surface area contributed by atoms with Crippen LogP contribution in [0.5, 0.6) is 0 Å². The fourth-order valence-electron chi connectivity index (χ4n) is 1.41. The lowest BCUT2D eigenvalue weighted by Crippen LogP contribution is -2.18. The highest BCUT2D eigenvalue weighted by Gasteiger charge is 2.23. The maximum atomic E-state index is 11.0. The van der Waals surface area contributed by atoms with E-state index < -0.39 is 0 Å². The number of hydrogen-bond acceptors (Lipinski definition) is 1. The molecule has 1 rings (SSSR count). The first-order chi connectivity index (χ1) is 6.02. The Bertz CT molecular complexity index is 261. The van der Waals surface area contributed by atoms with E-state index in [-0.39, 0.29) is 11.2 Å². The molecule has 13 heavy (non-hydrogen) atoms. The molecule has 0 bridgehead atoms. The Morgan fingerprint density at radius 3 is 2.92 bits per heavy atom. The average Bonchev–Trinajstić information content (AvgIpc) is 2.08. The van der Waals surface area contributed by atoms with Gasteiger partial charge in [-0.3, -0.25) is 4.79 Å². The number of carbonyl (C=O) groups excluding carboxylic acids is 1. The maximum Gasteiger partial charge on any atom is 0.155 e. The summed E-state index contributed by atoms with van der Waals surface area (Å²) in [5.41, 5.74) is 0.209. The lowest BCUT2D eigenvalue weighted by Gasteiger charge is -2.26. The van der Waals surface area contributed by atoms with Crippen LogP contribution in [-0.4, -0.2) is 5.78 Å². The van der Waals surface area contributed by atoms with Crippen molar-refractivity contribution in [2.45, 2.75) is 33.1 Å². The SMILES string of the molecule is C/C(I)=C/CC1(C)C=CC(=O)CC1. The molecule has 2 heteroatoms. The summed E-state index contributed by atoms with van der Waals surface area (Å²) in [7, 11) is 0. The third-order valence-electron chi connectivity index (χ3n) is 2.46. The lowest BCUT2D eigenvalue weighted by atomic mass is 9.78. The van der Waals surface area contributed by atoms with Crippen LogP contribution < -0.4 is 0 Å². The van der Waals surface area contributed by atoms with Crippen LogP contribution in [0.25, 0.3) is 0 Å². The van der Waals surface area contributed by atoms with Crippen LogP contribution in [0.1, 0.15) is 33.1 Å². The third kappa shape index (κ3) is 3.63. The number of rotatable bonds is 2. The average molecular weight is 290 g/mol. The minimum absolute atomic E-state index is 0.209. The molecule has 1 atom stereocenters.